The second kappa shape index (κ2) is 4.90. The summed E-state index contributed by atoms with van der Waals surface area (Å²) in [6.07, 6.45) is 4.21. The third-order valence-electron chi connectivity index (χ3n) is 2.59. The van der Waals surface area contributed by atoms with Crippen molar-refractivity contribution >= 4 is 29.0 Å². The highest BCUT2D eigenvalue weighted by Gasteiger charge is 2.25. The van der Waals surface area contributed by atoms with E-state index in [4.69, 9.17) is 11.6 Å². The Balaban J connectivity index is 1.93. The van der Waals surface area contributed by atoms with E-state index < -0.39 is 0 Å². The van der Waals surface area contributed by atoms with Crippen molar-refractivity contribution in [3.05, 3.63) is 11.1 Å². The van der Waals surface area contributed by atoms with Gasteiger partial charge in [0.1, 0.15) is 0 Å². The summed E-state index contributed by atoms with van der Waals surface area (Å²) in [6, 6.07) is 0.0783. The van der Waals surface area contributed by atoms with Crippen LogP contribution in [0, 0.1) is 0 Å². The first-order valence-corrected chi connectivity index (χ1v) is 6.26. The molecular weight excluding hydrogens is 234 g/mol. The maximum absolute atomic E-state index is 11.7. The van der Waals surface area contributed by atoms with Gasteiger partial charge in [0.25, 0.3) is 5.91 Å². The van der Waals surface area contributed by atoms with Crippen LogP contribution < -0.4 is 5.32 Å². The van der Waals surface area contributed by atoms with Crippen LogP contribution in [0.25, 0.3) is 0 Å². The van der Waals surface area contributed by atoms with Crippen molar-refractivity contribution < 1.29 is 4.79 Å². The number of carbonyl (C=O) groups is 1. The summed E-state index contributed by atoms with van der Waals surface area (Å²) in [5.74, 6) is -0.165. The number of nitrogens with zero attached hydrogens (tertiary/aromatic N) is 2. The number of nitrogens with one attached hydrogen (secondary N) is 1. The fraction of sp³-hybridized carbons (Fsp3) is 0.667. The van der Waals surface area contributed by atoms with Crippen molar-refractivity contribution in [1.82, 2.24) is 14.9 Å². The van der Waals surface area contributed by atoms with Gasteiger partial charge in [0.05, 0.1) is 5.38 Å². The van der Waals surface area contributed by atoms with Gasteiger partial charge < -0.3 is 5.32 Å². The molecule has 0 spiro atoms. The minimum Gasteiger partial charge on any atom is -0.346 e. The van der Waals surface area contributed by atoms with E-state index in [1.807, 2.05) is 0 Å². The molecule has 1 aliphatic rings. The maximum Gasteiger partial charge on any atom is 0.273 e. The number of amides is 1. The lowest BCUT2D eigenvalue weighted by Gasteiger charge is -2.27. The standard InChI is InChI=1S/C9H12ClN3OS/c10-6-3-1-2-4-7(6)11-9(14)8-5-15-13-12-8/h5-7H,1-4H2,(H,11,14). The quantitative estimate of drug-likeness (QED) is 0.809. The zero-order chi connectivity index (χ0) is 10.7. The van der Waals surface area contributed by atoms with E-state index in [0.29, 0.717) is 5.69 Å². The summed E-state index contributed by atoms with van der Waals surface area (Å²) in [7, 11) is 0. The third kappa shape index (κ3) is 2.66. The second-order valence-electron chi connectivity index (χ2n) is 3.67. The molecule has 1 fully saturated rings. The van der Waals surface area contributed by atoms with Gasteiger partial charge in [0.15, 0.2) is 5.69 Å². The Kier molecular flexibility index (Phi) is 3.53. The largest absolute Gasteiger partial charge is 0.346 e. The molecule has 4 nitrogen and oxygen atoms in total. The predicted molar refractivity (Wildman–Crippen MR) is 59.3 cm³/mol. The van der Waals surface area contributed by atoms with Gasteiger partial charge in [-0.1, -0.05) is 17.3 Å². The lowest BCUT2D eigenvalue weighted by atomic mass is 9.95. The third-order valence-corrected chi connectivity index (χ3v) is 3.62. The summed E-state index contributed by atoms with van der Waals surface area (Å²) in [6.45, 7) is 0. The Morgan fingerprint density at radius 1 is 1.53 bits per heavy atom. The van der Waals surface area contributed by atoms with Crippen LogP contribution in [0.1, 0.15) is 36.2 Å². The van der Waals surface area contributed by atoms with E-state index >= 15 is 0 Å². The lowest BCUT2D eigenvalue weighted by Crippen LogP contribution is -2.42. The van der Waals surface area contributed by atoms with Crippen molar-refractivity contribution in [2.75, 3.05) is 0 Å². The topological polar surface area (TPSA) is 54.9 Å². The number of alkyl halides is 1. The minimum absolute atomic E-state index is 0.0503. The summed E-state index contributed by atoms with van der Waals surface area (Å²) in [5, 5.41) is 8.31. The highest BCUT2D eigenvalue weighted by Crippen LogP contribution is 2.23. The molecule has 2 atom stereocenters. The fourth-order valence-corrected chi connectivity index (χ4v) is 2.53. The molecular formula is C9H12ClN3OS. The molecule has 0 radical (unpaired) electrons. The van der Waals surface area contributed by atoms with Gasteiger partial charge in [-0.3, -0.25) is 4.79 Å². The van der Waals surface area contributed by atoms with E-state index in [1.165, 1.54) is 11.5 Å². The van der Waals surface area contributed by atoms with E-state index in [-0.39, 0.29) is 17.3 Å². The van der Waals surface area contributed by atoms with Gasteiger partial charge in [0.2, 0.25) is 0 Å². The van der Waals surface area contributed by atoms with Gasteiger partial charge in [-0.2, -0.15) is 0 Å². The van der Waals surface area contributed by atoms with E-state index in [0.717, 1.165) is 25.7 Å². The zero-order valence-corrected chi connectivity index (χ0v) is 9.72. The number of hydrogen-bond donors (Lipinski definition) is 1. The Labute approximate surface area is 97.2 Å². The molecule has 6 heteroatoms. The Morgan fingerprint density at radius 2 is 2.33 bits per heavy atom. The van der Waals surface area contributed by atoms with Crippen LogP contribution in [-0.4, -0.2) is 26.9 Å². The monoisotopic (exact) mass is 245 g/mol. The molecule has 2 unspecified atom stereocenters. The molecule has 0 saturated heterocycles. The molecule has 15 heavy (non-hydrogen) atoms. The highest BCUT2D eigenvalue weighted by atomic mass is 35.5. The molecule has 0 bridgehead atoms. The molecule has 0 aliphatic heterocycles. The molecule has 82 valence electrons. The molecule has 1 aliphatic carbocycles. The molecule has 1 N–H and O–H groups in total. The molecule has 1 amide bonds. The first-order valence-electron chi connectivity index (χ1n) is 4.99. The van der Waals surface area contributed by atoms with Gasteiger partial charge >= 0.3 is 0 Å². The number of carbonyl (C=O) groups excluding carboxylic acids is 1. The van der Waals surface area contributed by atoms with Crippen LogP contribution in [0.4, 0.5) is 0 Å². The number of halogens is 1. The first-order chi connectivity index (χ1) is 7.27. The van der Waals surface area contributed by atoms with Crippen molar-refractivity contribution in [3.8, 4) is 0 Å². The smallest absolute Gasteiger partial charge is 0.273 e. The average molecular weight is 246 g/mol. The fourth-order valence-electron chi connectivity index (χ4n) is 1.75. The lowest BCUT2D eigenvalue weighted by molar-refractivity contribution is 0.0923. The van der Waals surface area contributed by atoms with Crippen molar-refractivity contribution in [2.24, 2.45) is 0 Å². The summed E-state index contributed by atoms with van der Waals surface area (Å²) < 4.78 is 3.65. The predicted octanol–water partition coefficient (Wildman–Crippen LogP) is 1.82. The molecule has 1 aromatic rings. The highest BCUT2D eigenvalue weighted by molar-refractivity contribution is 7.03. The molecule has 2 rings (SSSR count). The van der Waals surface area contributed by atoms with Gasteiger partial charge in [0, 0.05) is 11.4 Å². The molecule has 1 heterocycles. The SMILES string of the molecule is O=C(NC1CCCCC1Cl)c1csnn1. The Morgan fingerprint density at radius 3 is 3.00 bits per heavy atom. The van der Waals surface area contributed by atoms with Crippen LogP contribution in [0.15, 0.2) is 5.38 Å². The summed E-state index contributed by atoms with van der Waals surface area (Å²) in [4.78, 5) is 11.7. The van der Waals surface area contributed by atoms with E-state index in [2.05, 4.69) is 14.9 Å². The average Bonchev–Trinajstić information content (AvgIpc) is 2.74. The van der Waals surface area contributed by atoms with Crippen LogP contribution in [0.3, 0.4) is 0 Å². The molecule has 0 aromatic carbocycles. The maximum atomic E-state index is 11.7. The number of hydrogen-bond acceptors (Lipinski definition) is 4. The van der Waals surface area contributed by atoms with Crippen LogP contribution in [-0.2, 0) is 0 Å². The first kappa shape index (κ1) is 10.8. The minimum atomic E-state index is -0.165. The van der Waals surface area contributed by atoms with Crippen molar-refractivity contribution in [1.29, 1.82) is 0 Å². The second-order valence-corrected chi connectivity index (χ2v) is 4.84. The summed E-state index contributed by atoms with van der Waals surface area (Å²) in [5.41, 5.74) is 0.384. The van der Waals surface area contributed by atoms with Crippen molar-refractivity contribution in [2.45, 2.75) is 37.1 Å². The van der Waals surface area contributed by atoms with Crippen LogP contribution >= 0.6 is 23.1 Å². The van der Waals surface area contributed by atoms with Gasteiger partial charge in [-0.15, -0.1) is 16.7 Å². The van der Waals surface area contributed by atoms with Crippen LogP contribution in [0.5, 0.6) is 0 Å². The Bertz CT molecular complexity index is 330. The van der Waals surface area contributed by atoms with Crippen LogP contribution in [0.2, 0.25) is 0 Å². The number of aromatic nitrogens is 2. The van der Waals surface area contributed by atoms with Crippen molar-refractivity contribution in [3.63, 3.8) is 0 Å². The molecule has 1 aromatic heterocycles. The summed E-state index contributed by atoms with van der Waals surface area (Å²) >= 11 is 7.32. The normalized spacial score (nSPS) is 26.2. The van der Waals surface area contributed by atoms with Gasteiger partial charge in [-0.25, -0.2) is 0 Å². The Hall–Kier alpha value is -0.680. The van der Waals surface area contributed by atoms with E-state index in [9.17, 15) is 4.79 Å². The zero-order valence-electron chi connectivity index (χ0n) is 8.15. The number of rotatable bonds is 2. The van der Waals surface area contributed by atoms with E-state index in [1.54, 1.807) is 5.38 Å². The van der Waals surface area contributed by atoms with Gasteiger partial charge in [-0.05, 0) is 24.4 Å². The molecule has 1 saturated carbocycles.